The molecular formula is C13H21N5. The molecule has 2 aliphatic rings. The number of rotatable bonds is 3. The van der Waals surface area contributed by atoms with Gasteiger partial charge in [-0.15, -0.1) is 0 Å². The van der Waals surface area contributed by atoms with Gasteiger partial charge in [-0.2, -0.15) is 0 Å². The highest BCUT2D eigenvalue weighted by Gasteiger charge is 2.17. The normalized spacial score (nSPS) is 21.2. The molecule has 0 aliphatic carbocycles. The molecule has 98 valence electrons. The highest BCUT2D eigenvalue weighted by molar-refractivity contribution is 5.49. The van der Waals surface area contributed by atoms with Crippen LogP contribution in [0.2, 0.25) is 0 Å². The van der Waals surface area contributed by atoms with Crippen LogP contribution in [-0.4, -0.2) is 42.2 Å². The summed E-state index contributed by atoms with van der Waals surface area (Å²) in [6.07, 6.45) is 6.92. The van der Waals surface area contributed by atoms with Crippen LogP contribution in [0.1, 0.15) is 25.7 Å². The summed E-state index contributed by atoms with van der Waals surface area (Å²) >= 11 is 0. The molecule has 5 nitrogen and oxygen atoms in total. The number of anilines is 2. The lowest BCUT2D eigenvalue weighted by Gasteiger charge is -2.29. The fourth-order valence-corrected chi connectivity index (χ4v) is 2.50. The minimum atomic E-state index is 0.525. The Morgan fingerprint density at radius 2 is 1.89 bits per heavy atom. The van der Waals surface area contributed by atoms with Crippen molar-refractivity contribution in [2.75, 3.05) is 36.4 Å². The molecule has 0 bridgehead atoms. The molecule has 0 amide bonds. The molecule has 0 atom stereocenters. The zero-order valence-corrected chi connectivity index (χ0v) is 10.7. The van der Waals surface area contributed by atoms with Gasteiger partial charge in [0.1, 0.15) is 18.0 Å². The Kier molecular flexibility index (Phi) is 3.59. The van der Waals surface area contributed by atoms with E-state index in [-0.39, 0.29) is 0 Å². The summed E-state index contributed by atoms with van der Waals surface area (Å²) < 4.78 is 0. The molecule has 0 saturated carbocycles. The van der Waals surface area contributed by atoms with Gasteiger partial charge in [-0.05, 0) is 12.8 Å². The Labute approximate surface area is 108 Å². The van der Waals surface area contributed by atoms with Crippen molar-refractivity contribution in [1.29, 1.82) is 0 Å². The predicted octanol–water partition coefficient (Wildman–Crippen LogP) is 1.24. The van der Waals surface area contributed by atoms with Crippen LogP contribution in [0.5, 0.6) is 0 Å². The zero-order chi connectivity index (χ0) is 12.2. The van der Waals surface area contributed by atoms with E-state index in [1.165, 1.54) is 25.7 Å². The lowest BCUT2D eigenvalue weighted by Crippen LogP contribution is -2.51. The average Bonchev–Trinajstić information content (AvgIpc) is 2.63. The second-order valence-corrected chi connectivity index (χ2v) is 5.16. The number of nitrogens with one attached hydrogen (secondary N) is 2. The first-order valence-electron chi connectivity index (χ1n) is 6.96. The van der Waals surface area contributed by atoms with Crippen molar-refractivity contribution in [3.63, 3.8) is 0 Å². The van der Waals surface area contributed by atoms with Gasteiger partial charge in [0.05, 0.1) is 6.04 Å². The van der Waals surface area contributed by atoms with Gasteiger partial charge in [-0.1, -0.05) is 12.8 Å². The first kappa shape index (κ1) is 11.7. The lowest BCUT2D eigenvalue weighted by atomic mass is 10.2. The number of aromatic nitrogens is 2. The van der Waals surface area contributed by atoms with E-state index in [0.29, 0.717) is 6.04 Å². The van der Waals surface area contributed by atoms with Gasteiger partial charge in [-0.3, -0.25) is 0 Å². The van der Waals surface area contributed by atoms with Crippen molar-refractivity contribution >= 4 is 11.6 Å². The quantitative estimate of drug-likeness (QED) is 0.841. The van der Waals surface area contributed by atoms with Crippen LogP contribution in [0.3, 0.4) is 0 Å². The second-order valence-electron chi connectivity index (χ2n) is 5.16. The molecule has 5 heteroatoms. The fraction of sp³-hybridized carbons (Fsp3) is 0.692. The van der Waals surface area contributed by atoms with Gasteiger partial charge < -0.3 is 15.5 Å². The maximum Gasteiger partial charge on any atom is 0.134 e. The molecule has 2 N–H and O–H groups in total. The van der Waals surface area contributed by atoms with Crippen molar-refractivity contribution in [3.05, 3.63) is 12.4 Å². The molecular weight excluding hydrogens is 226 g/mol. The van der Waals surface area contributed by atoms with Gasteiger partial charge in [0.25, 0.3) is 0 Å². The topological polar surface area (TPSA) is 53.1 Å². The molecule has 1 aromatic heterocycles. The molecule has 0 aromatic carbocycles. The number of hydrogen-bond acceptors (Lipinski definition) is 5. The van der Waals surface area contributed by atoms with Crippen molar-refractivity contribution in [2.45, 2.75) is 31.7 Å². The van der Waals surface area contributed by atoms with Crippen molar-refractivity contribution in [1.82, 2.24) is 15.3 Å². The van der Waals surface area contributed by atoms with Gasteiger partial charge in [0, 0.05) is 32.2 Å². The molecule has 18 heavy (non-hydrogen) atoms. The third-order valence-corrected chi connectivity index (χ3v) is 3.72. The first-order chi connectivity index (χ1) is 8.92. The maximum absolute atomic E-state index is 4.42. The Morgan fingerprint density at radius 1 is 1.11 bits per heavy atom. The van der Waals surface area contributed by atoms with Gasteiger partial charge in [-0.25, -0.2) is 9.97 Å². The van der Waals surface area contributed by atoms with E-state index in [1.54, 1.807) is 6.33 Å². The molecule has 0 radical (unpaired) electrons. The Bertz CT molecular complexity index is 383. The Hall–Kier alpha value is -1.36. The van der Waals surface area contributed by atoms with Gasteiger partial charge >= 0.3 is 0 Å². The van der Waals surface area contributed by atoms with Crippen molar-refractivity contribution < 1.29 is 0 Å². The van der Waals surface area contributed by atoms with Gasteiger partial charge in [0.2, 0.25) is 0 Å². The van der Waals surface area contributed by atoms with Crippen LogP contribution in [0.4, 0.5) is 11.6 Å². The summed E-state index contributed by atoms with van der Waals surface area (Å²) in [7, 11) is 0. The third kappa shape index (κ3) is 2.72. The van der Waals surface area contributed by atoms with Crippen molar-refractivity contribution in [2.24, 2.45) is 0 Å². The van der Waals surface area contributed by atoms with Crippen LogP contribution in [0, 0.1) is 0 Å². The van der Waals surface area contributed by atoms with E-state index in [9.17, 15) is 0 Å². The summed E-state index contributed by atoms with van der Waals surface area (Å²) in [5, 5.41) is 6.68. The minimum absolute atomic E-state index is 0.525. The number of nitrogens with zero attached hydrogens (tertiary/aromatic N) is 3. The molecule has 1 aromatic rings. The molecule has 2 aliphatic heterocycles. The Balaban J connectivity index is 1.68. The van der Waals surface area contributed by atoms with E-state index < -0.39 is 0 Å². The summed E-state index contributed by atoms with van der Waals surface area (Å²) in [5.41, 5.74) is 0. The lowest BCUT2D eigenvalue weighted by molar-refractivity contribution is 0.471. The van der Waals surface area contributed by atoms with Crippen LogP contribution < -0.4 is 15.5 Å². The monoisotopic (exact) mass is 247 g/mol. The van der Waals surface area contributed by atoms with Crippen LogP contribution in [-0.2, 0) is 0 Å². The van der Waals surface area contributed by atoms with E-state index >= 15 is 0 Å². The molecule has 0 unspecified atom stereocenters. The summed E-state index contributed by atoms with van der Waals surface area (Å²) in [6.45, 7) is 4.31. The van der Waals surface area contributed by atoms with Crippen LogP contribution >= 0.6 is 0 Å². The molecule has 3 rings (SSSR count). The van der Waals surface area contributed by atoms with Crippen LogP contribution in [0.25, 0.3) is 0 Å². The molecule has 2 fully saturated rings. The predicted molar refractivity (Wildman–Crippen MR) is 73.0 cm³/mol. The number of hydrogen-bond donors (Lipinski definition) is 2. The maximum atomic E-state index is 4.42. The van der Waals surface area contributed by atoms with Crippen LogP contribution in [0.15, 0.2) is 12.4 Å². The Morgan fingerprint density at radius 3 is 2.56 bits per heavy atom. The van der Waals surface area contributed by atoms with E-state index in [1.807, 2.05) is 0 Å². The highest BCUT2D eigenvalue weighted by atomic mass is 15.2. The van der Waals surface area contributed by atoms with E-state index in [4.69, 9.17) is 0 Å². The van der Waals surface area contributed by atoms with E-state index in [2.05, 4.69) is 31.6 Å². The zero-order valence-electron chi connectivity index (χ0n) is 10.7. The highest BCUT2D eigenvalue weighted by Crippen LogP contribution is 2.19. The van der Waals surface area contributed by atoms with Gasteiger partial charge in [0.15, 0.2) is 0 Å². The standard InChI is InChI=1S/C13H21N5/c1-2-4-6-18(5-3-1)13-7-12(15-10-16-13)17-11-8-14-9-11/h7,10-11,14H,1-6,8-9H2,(H,15,16,17). The second kappa shape index (κ2) is 5.52. The third-order valence-electron chi connectivity index (χ3n) is 3.72. The largest absolute Gasteiger partial charge is 0.365 e. The fourth-order valence-electron chi connectivity index (χ4n) is 2.50. The first-order valence-corrected chi connectivity index (χ1v) is 6.96. The molecule has 3 heterocycles. The molecule has 0 spiro atoms. The summed E-state index contributed by atoms with van der Waals surface area (Å²) in [5.74, 6) is 2.03. The minimum Gasteiger partial charge on any atom is -0.365 e. The van der Waals surface area contributed by atoms with Crippen molar-refractivity contribution in [3.8, 4) is 0 Å². The molecule has 2 saturated heterocycles. The SMILES string of the molecule is c1nc(NC2CNC2)cc(N2CCCCCC2)n1. The summed E-state index contributed by atoms with van der Waals surface area (Å²) in [4.78, 5) is 11.1. The van der Waals surface area contributed by atoms with E-state index in [0.717, 1.165) is 37.8 Å². The summed E-state index contributed by atoms with van der Waals surface area (Å²) in [6, 6.07) is 2.61. The smallest absolute Gasteiger partial charge is 0.134 e. The average molecular weight is 247 g/mol.